The molecular weight excluding hydrogens is 238 g/mol. The third-order valence-corrected chi connectivity index (χ3v) is 2.71. The summed E-state index contributed by atoms with van der Waals surface area (Å²) in [5, 5.41) is 3.35. The zero-order valence-electron chi connectivity index (χ0n) is 11.8. The van der Waals surface area contributed by atoms with Gasteiger partial charge in [-0.1, -0.05) is 26.0 Å². The molecular formula is C16H21NO2. The minimum atomic E-state index is 0.515. The maximum Gasteiger partial charge on any atom is 0.142 e. The summed E-state index contributed by atoms with van der Waals surface area (Å²) in [5.41, 5.74) is 0.997. The Morgan fingerprint density at radius 3 is 2.63 bits per heavy atom. The van der Waals surface area contributed by atoms with Crippen LogP contribution < -0.4 is 10.1 Å². The highest BCUT2D eigenvalue weighted by Crippen LogP contribution is 2.25. The molecule has 1 heterocycles. The number of furan rings is 1. The highest BCUT2D eigenvalue weighted by Gasteiger charge is 2.05. The first-order valence-electron chi connectivity index (χ1n) is 6.66. The van der Waals surface area contributed by atoms with E-state index < -0.39 is 0 Å². The molecule has 0 saturated heterocycles. The molecule has 0 aliphatic heterocycles. The van der Waals surface area contributed by atoms with E-state index in [0.29, 0.717) is 12.5 Å². The standard InChI is InChI=1S/C16H21NO2/c1-12(2)11-18-16-7-5-4-6-15(16)17-10-14-9-8-13(3)19-14/h4-9,12,17H,10-11H2,1-3H3. The molecule has 3 heteroatoms. The van der Waals surface area contributed by atoms with E-state index in [-0.39, 0.29) is 0 Å². The van der Waals surface area contributed by atoms with Crippen LogP contribution in [0.3, 0.4) is 0 Å². The molecule has 1 N–H and O–H groups in total. The highest BCUT2D eigenvalue weighted by atomic mass is 16.5. The number of nitrogens with one attached hydrogen (secondary N) is 1. The predicted molar refractivity (Wildman–Crippen MR) is 77.5 cm³/mol. The highest BCUT2D eigenvalue weighted by molar-refractivity contribution is 5.56. The van der Waals surface area contributed by atoms with Gasteiger partial charge in [0.05, 0.1) is 18.8 Å². The van der Waals surface area contributed by atoms with Crippen LogP contribution in [0.2, 0.25) is 0 Å². The molecule has 102 valence electrons. The Kier molecular flexibility index (Phi) is 4.50. The van der Waals surface area contributed by atoms with Gasteiger partial charge in [0, 0.05) is 0 Å². The van der Waals surface area contributed by atoms with Crippen LogP contribution in [0.5, 0.6) is 5.75 Å². The summed E-state index contributed by atoms with van der Waals surface area (Å²) >= 11 is 0. The SMILES string of the molecule is Cc1ccc(CNc2ccccc2OCC(C)C)o1. The van der Waals surface area contributed by atoms with Gasteiger partial charge in [0.25, 0.3) is 0 Å². The van der Waals surface area contributed by atoms with E-state index >= 15 is 0 Å². The first-order valence-corrected chi connectivity index (χ1v) is 6.66. The van der Waals surface area contributed by atoms with Crippen LogP contribution in [0.25, 0.3) is 0 Å². The third-order valence-electron chi connectivity index (χ3n) is 2.71. The molecule has 3 nitrogen and oxygen atoms in total. The molecule has 0 unspecified atom stereocenters. The van der Waals surface area contributed by atoms with E-state index in [0.717, 1.165) is 29.6 Å². The van der Waals surface area contributed by atoms with Crippen LogP contribution in [-0.2, 0) is 6.54 Å². The molecule has 1 aromatic carbocycles. The number of hydrogen-bond acceptors (Lipinski definition) is 3. The van der Waals surface area contributed by atoms with Crippen molar-refractivity contribution in [2.24, 2.45) is 5.92 Å². The largest absolute Gasteiger partial charge is 0.491 e. The first kappa shape index (κ1) is 13.5. The van der Waals surface area contributed by atoms with Gasteiger partial charge in [-0.3, -0.25) is 0 Å². The lowest BCUT2D eigenvalue weighted by Crippen LogP contribution is -2.07. The number of rotatable bonds is 6. The molecule has 0 aliphatic rings. The number of aryl methyl sites for hydroxylation is 1. The van der Waals surface area contributed by atoms with E-state index in [9.17, 15) is 0 Å². The van der Waals surface area contributed by atoms with Crippen molar-refractivity contribution >= 4 is 5.69 Å². The summed E-state index contributed by atoms with van der Waals surface area (Å²) in [4.78, 5) is 0. The minimum absolute atomic E-state index is 0.515. The van der Waals surface area contributed by atoms with E-state index in [2.05, 4.69) is 19.2 Å². The Morgan fingerprint density at radius 1 is 1.16 bits per heavy atom. The van der Waals surface area contributed by atoms with Crippen molar-refractivity contribution in [1.29, 1.82) is 0 Å². The fourth-order valence-corrected chi connectivity index (χ4v) is 1.76. The Balaban J connectivity index is 1.99. The van der Waals surface area contributed by atoms with Crippen LogP contribution in [0.4, 0.5) is 5.69 Å². The molecule has 0 spiro atoms. The second-order valence-electron chi connectivity index (χ2n) is 5.07. The fourth-order valence-electron chi connectivity index (χ4n) is 1.76. The zero-order chi connectivity index (χ0) is 13.7. The first-order chi connectivity index (χ1) is 9.15. The number of para-hydroxylation sites is 2. The second-order valence-corrected chi connectivity index (χ2v) is 5.07. The van der Waals surface area contributed by atoms with E-state index in [4.69, 9.17) is 9.15 Å². The molecule has 0 bridgehead atoms. The van der Waals surface area contributed by atoms with Crippen molar-refractivity contribution in [3.63, 3.8) is 0 Å². The van der Waals surface area contributed by atoms with Gasteiger partial charge in [-0.2, -0.15) is 0 Å². The smallest absolute Gasteiger partial charge is 0.142 e. The van der Waals surface area contributed by atoms with Crippen molar-refractivity contribution in [1.82, 2.24) is 0 Å². The average molecular weight is 259 g/mol. The monoisotopic (exact) mass is 259 g/mol. The molecule has 19 heavy (non-hydrogen) atoms. The van der Waals surface area contributed by atoms with Crippen molar-refractivity contribution < 1.29 is 9.15 Å². The zero-order valence-corrected chi connectivity index (χ0v) is 11.8. The van der Waals surface area contributed by atoms with Gasteiger partial charge in [0.2, 0.25) is 0 Å². The molecule has 1 aromatic heterocycles. The lowest BCUT2D eigenvalue weighted by atomic mass is 10.2. The Bertz CT molecular complexity index is 517. The summed E-state index contributed by atoms with van der Waals surface area (Å²) in [5.74, 6) is 3.26. The number of benzene rings is 1. The molecule has 2 rings (SSSR count). The normalized spacial score (nSPS) is 10.7. The Morgan fingerprint density at radius 2 is 1.95 bits per heavy atom. The minimum Gasteiger partial charge on any atom is -0.491 e. The van der Waals surface area contributed by atoms with E-state index in [1.807, 2.05) is 43.3 Å². The summed E-state index contributed by atoms with van der Waals surface area (Å²) in [6.07, 6.45) is 0. The molecule has 0 radical (unpaired) electrons. The molecule has 0 atom stereocenters. The topological polar surface area (TPSA) is 34.4 Å². The van der Waals surface area contributed by atoms with Gasteiger partial charge in [-0.15, -0.1) is 0 Å². The fraction of sp³-hybridized carbons (Fsp3) is 0.375. The molecule has 2 aromatic rings. The Labute approximate surface area is 114 Å². The van der Waals surface area contributed by atoms with Crippen LogP contribution >= 0.6 is 0 Å². The van der Waals surface area contributed by atoms with E-state index in [1.165, 1.54) is 0 Å². The van der Waals surface area contributed by atoms with Crippen LogP contribution in [0.15, 0.2) is 40.8 Å². The predicted octanol–water partition coefficient (Wildman–Crippen LogP) is 4.23. The molecule has 0 aliphatic carbocycles. The van der Waals surface area contributed by atoms with Gasteiger partial charge in [0.1, 0.15) is 17.3 Å². The number of hydrogen-bond donors (Lipinski definition) is 1. The van der Waals surface area contributed by atoms with Crippen LogP contribution in [0.1, 0.15) is 25.4 Å². The molecule has 0 fully saturated rings. The van der Waals surface area contributed by atoms with Gasteiger partial charge in [-0.25, -0.2) is 0 Å². The van der Waals surface area contributed by atoms with Gasteiger partial charge in [0.15, 0.2) is 0 Å². The molecule has 0 saturated carbocycles. The quantitative estimate of drug-likeness (QED) is 0.842. The lowest BCUT2D eigenvalue weighted by Gasteiger charge is -2.13. The van der Waals surface area contributed by atoms with Gasteiger partial charge in [-0.05, 0) is 37.1 Å². The Hall–Kier alpha value is -1.90. The number of ether oxygens (including phenoxy) is 1. The van der Waals surface area contributed by atoms with Gasteiger partial charge >= 0.3 is 0 Å². The van der Waals surface area contributed by atoms with E-state index in [1.54, 1.807) is 0 Å². The average Bonchev–Trinajstić information content (AvgIpc) is 2.80. The summed E-state index contributed by atoms with van der Waals surface area (Å²) in [6.45, 7) is 7.61. The van der Waals surface area contributed by atoms with Crippen molar-refractivity contribution in [3.8, 4) is 5.75 Å². The van der Waals surface area contributed by atoms with Crippen LogP contribution in [0, 0.1) is 12.8 Å². The van der Waals surface area contributed by atoms with Gasteiger partial charge < -0.3 is 14.5 Å². The second kappa shape index (κ2) is 6.32. The van der Waals surface area contributed by atoms with Crippen molar-refractivity contribution in [2.75, 3.05) is 11.9 Å². The summed E-state index contributed by atoms with van der Waals surface area (Å²) in [6, 6.07) is 11.9. The summed E-state index contributed by atoms with van der Waals surface area (Å²) in [7, 11) is 0. The maximum atomic E-state index is 5.80. The number of anilines is 1. The maximum absolute atomic E-state index is 5.80. The summed E-state index contributed by atoms with van der Waals surface area (Å²) < 4.78 is 11.3. The van der Waals surface area contributed by atoms with Crippen molar-refractivity contribution in [2.45, 2.75) is 27.3 Å². The lowest BCUT2D eigenvalue weighted by molar-refractivity contribution is 0.272. The van der Waals surface area contributed by atoms with Crippen LogP contribution in [-0.4, -0.2) is 6.61 Å². The molecule has 0 amide bonds. The third kappa shape index (κ3) is 4.05. The van der Waals surface area contributed by atoms with Crippen molar-refractivity contribution in [3.05, 3.63) is 47.9 Å².